The summed E-state index contributed by atoms with van der Waals surface area (Å²) in [5.41, 5.74) is 2.22. The highest BCUT2D eigenvalue weighted by molar-refractivity contribution is 5.70. The van der Waals surface area contributed by atoms with E-state index in [2.05, 4.69) is 4.90 Å². The maximum atomic E-state index is 10.9. The van der Waals surface area contributed by atoms with E-state index in [4.69, 9.17) is 10.2 Å². The molecular formula is C16H21NO4. The molecule has 0 unspecified atom stereocenters. The molecule has 0 saturated carbocycles. The summed E-state index contributed by atoms with van der Waals surface area (Å²) >= 11 is 0. The Balaban J connectivity index is 1.81. The van der Waals surface area contributed by atoms with Crippen molar-refractivity contribution in [3.05, 3.63) is 35.4 Å². The van der Waals surface area contributed by atoms with E-state index in [-0.39, 0.29) is 12.3 Å². The highest BCUT2D eigenvalue weighted by Crippen LogP contribution is 2.19. The molecule has 1 aliphatic rings. The molecule has 2 N–H and O–H groups in total. The third-order valence-electron chi connectivity index (χ3n) is 3.99. The first-order valence-electron chi connectivity index (χ1n) is 7.29. The fraction of sp³-hybridized carbons (Fsp3) is 0.500. The molecule has 0 atom stereocenters. The Hall–Kier alpha value is -1.88. The molecule has 1 aromatic carbocycles. The first kappa shape index (κ1) is 15.5. The third kappa shape index (κ3) is 4.86. The van der Waals surface area contributed by atoms with Gasteiger partial charge >= 0.3 is 11.9 Å². The van der Waals surface area contributed by atoms with E-state index in [1.54, 1.807) is 0 Å². The number of carboxylic acid groups (broad SMARTS) is 2. The van der Waals surface area contributed by atoms with E-state index in [0.29, 0.717) is 19.3 Å². The highest BCUT2D eigenvalue weighted by Gasteiger charge is 2.24. The van der Waals surface area contributed by atoms with Gasteiger partial charge in [0.25, 0.3) is 0 Å². The van der Waals surface area contributed by atoms with Gasteiger partial charge in [0.05, 0.1) is 5.92 Å². The Bertz CT molecular complexity index is 490. The number of likely N-dealkylation sites (tertiary alicyclic amines) is 1. The number of aliphatic carboxylic acids is 2. The third-order valence-corrected chi connectivity index (χ3v) is 3.99. The SMILES string of the molecule is O=C(O)CCc1ccc(CN2CCC(C(=O)O)CC2)cc1. The van der Waals surface area contributed by atoms with E-state index in [1.807, 2.05) is 24.3 Å². The number of benzene rings is 1. The van der Waals surface area contributed by atoms with Gasteiger partial charge in [-0.1, -0.05) is 24.3 Å². The van der Waals surface area contributed by atoms with Gasteiger partial charge < -0.3 is 10.2 Å². The summed E-state index contributed by atoms with van der Waals surface area (Å²) in [6.45, 7) is 2.46. The van der Waals surface area contributed by atoms with Gasteiger partial charge in [-0.3, -0.25) is 14.5 Å². The predicted octanol–water partition coefficient (Wildman–Crippen LogP) is 2.00. The largest absolute Gasteiger partial charge is 0.481 e. The molecule has 0 spiro atoms. The van der Waals surface area contributed by atoms with Crippen LogP contribution in [0.4, 0.5) is 0 Å². The second kappa shape index (κ2) is 7.22. The average Bonchev–Trinajstić information content (AvgIpc) is 2.47. The van der Waals surface area contributed by atoms with Crippen LogP contribution in [0.15, 0.2) is 24.3 Å². The quantitative estimate of drug-likeness (QED) is 0.838. The lowest BCUT2D eigenvalue weighted by molar-refractivity contribution is -0.143. The Morgan fingerprint density at radius 3 is 2.14 bits per heavy atom. The fourth-order valence-electron chi connectivity index (χ4n) is 2.66. The minimum Gasteiger partial charge on any atom is -0.481 e. The van der Waals surface area contributed by atoms with Crippen LogP contribution in [-0.2, 0) is 22.6 Å². The van der Waals surface area contributed by atoms with Crippen LogP contribution in [0.2, 0.25) is 0 Å². The number of rotatable bonds is 6. The number of hydrogen-bond acceptors (Lipinski definition) is 3. The minimum absolute atomic E-state index is 0.155. The number of carbonyl (C=O) groups is 2. The Morgan fingerprint density at radius 1 is 1.05 bits per heavy atom. The molecule has 1 aromatic rings. The molecule has 114 valence electrons. The van der Waals surface area contributed by atoms with E-state index in [0.717, 1.165) is 25.2 Å². The number of aryl methyl sites for hydroxylation is 1. The fourth-order valence-corrected chi connectivity index (χ4v) is 2.66. The number of nitrogens with zero attached hydrogens (tertiary/aromatic N) is 1. The molecule has 21 heavy (non-hydrogen) atoms. The summed E-state index contributed by atoms with van der Waals surface area (Å²) in [6, 6.07) is 8.01. The lowest BCUT2D eigenvalue weighted by atomic mass is 9.96. The molecule has 0 aromatic heterocycles. The van der Waals surface area contributed by atoms with Crippen LogP contribution in [0.3, 0.4) is 0 Å². The first-order chi connectivity index (χ1) is 10.0. The predicted molar refractivity (Wildman–Crippen MR) is 78.0 cm³/mol. The molecule has 0 aliphatic carbocycles. The standard InChI is InChI=1S/C16H21NO4/c18-15(19)6-5-12-1-3-13(4-2-12)11-17-9-7-14(8-10-17)16(20)21/h1-4,14H,5-11H2,(H,18,19)(H,20,21). The summed E-state index contributed by atoms with van der Waals surface area (Å²) in [5.74, 6) is -1.66. The van der Waals surface area contributed by atoms with Gasteiger partial charge in [-0.05, 0) is 43.5 Å². The smallest absolute Gasteiger partial charge is 0.306 e. The van der Waals surface area contributed by atoms with Crippen molar-refractivity contribution in [3.63, 3.8) is 0 Å². The zero-order chi connectivity index (χ0) is 15.2. The second-order valence-corrected chi connectivity index (χ2v) is 5.60. The molecule has 5 heteroatoms. The lowest BCUT2D eigenvalue weighted by Crippen LogP contribution is -2.35. The van der Waals surface area contributed by atoms with Crippen molar-refractivity contribution in [2.45, 2.75) is 32.2 Å². The van der Waals surface area contributed by atoms with Gasteiger partial charge in [0.15, 0.2) is 0 Å². The second-order valence-electron chi connectivity index (χ2n) is 5.60. The molecule has 1 aliphatic heterocycles. The topological polar surface area (TPSA) is 77.8 Å². The molecular weight excluding hydrogens is 270 g/mol. The molecule has 0 bridgehead atoms. The molecule has 5 nitrogen and oxygen atoms in total. The maximum Gasteiger partial charge on any atom is 0.306 e. The van der Waals surface area contributed by atoms with Crippen LogP contribution in [0.25, 0.3) is 0 Å². The van der Waals surface area contributed by atoms with Crippen LogP contribution < -0.4 is 0 Å². The summed E-state index contributed by atoms with van der Waals surface area (Å²) in [5, 5.41) is 17.6. The zero-order valence-corrected chi connectivity index (χ0v) is 12.0. The summed E-state index contributed by atoms with van der Waals surface area (Å²) in [7, 11) is 0. The van der Waals surface area contributed by atoms with Gasteiger partial charge in [0, 0.05) is 13.0 Å². The lowest BCUT2D eigenvalue weighted by Gasteiger charge is -2.30. The first-order valence-corrected chi connectivity index (χ1v) is 7.29. The van der Waals surface area contributed by atoms with Crippen LogP contribution in [0.5, 0.6) is 0 Å². The number of hydrogen-bond donors (Lipinski definition) is 2. The zero-order valence-electron chi connectivity index (χ0n) is 12.0. The van der Waals surface area contributed by atoms with Crippen molar-refractivity contribution in [2.24, 2.45) is 5.92 Å². The molecule has 0 amide bonds. The monoisotopic (exact) mass is 291 g/mol. The van der Waals surface area contributed by atoms with Crippen LogP contribution >= 0.6 is 0 Å². The molecule has 1 heterocycles. The van der Waals surface area contributed by atoms with Gasteiger partial charge in [-0.15, -0.1) is 0 Å². The maximum absolute atomic E-state index is 10.9. The van der Waals surface area contributed by atoms with Gasteiger partial charge in [-0.2, -0.15) is 0 Å². The van der Waals surface area contributed by atoms with Crippen molar-refractivity contribution in [1.29, 1.82) is 0 Å². The van der Waals surface area contributed by atoms with Crippen LogP contribution in [0, 0.1) is 5.92 Å². The summed E-state index contributed by atoms with van der Waals surface area (Å²) in [4.78, 5) is 23.7. The van der Waals surface area contributed by atoms with Crippen molar-refractivity contribution in [3.8, 4) is 0 Å². The summed E-state index contributed by atoms with van der Waals surface area (Å²) in [6.07, 6.45) is 2.14. The minimum atomic E-state index is -0.777. The van der Waals surface area contributed by atoms with Gasteiger partial charge in [-0.25, -0.2) is 0 Å². The Kier molecular flexibility index (Phi) is 5.33. The number of piperidine rings is 1. The van der Waals surface area contributed by atoms with Crippen molar-refractivity contribution in [2.75, 3.05) is 13.1 Å². The average molecular weight is 291 g/mol. The van der Waals surface area contributed by atoms with Gasteiger partial charge in [0.1, 0.15) is 0 Å². The van der Waals surface area contributed by atoms with Gasteiger partial charge in [0.2, 0.25) is 0 Å². The normalized spacial score (nSPS) is 16.8. The number of carboxylic acids is 2. The highest BCUT2D eigenvalue weighted by atomic mass is 16.4. The molecule has 2 rings (SSSR count). The molecule has 1 fully saturated rings. The van der Waals surface area contributed by atoms with Crippen molar-refractivity contribution >= 4 is 11.9 Å². The van der Waals surface area contributed by atoms with Crippen LogP contribution in [0.1, 0.15) is 30.4 Å². The van der Waals surface area contributed by atoms with E-state index in [9.17, 15) is 9.59 Å². The van der Waals surface area contributed by atoms with Crippen LogP contribution in [-0.4, -0.2) is 40.1 Å². The Labute approximate surface area is 124 Å². The van der Waals surface area contributed by atoms with Crippen molar-refractivity contribution < 1.29 is 19.8 Å². The van der Waals surface area contributed by atoms with E-state index in [1.165, 1.54) is 5.56 Å². The van der Waals surface area contributed by atoms with Crippen molar-refractivity contribution in [1.82, 2.24) is 4.90 Å². The van der Waals surface area contributed by atoms with E-state index >= 15 is 0 Å². The summed E-state index contributed by atoms with van der Waals surface area (Å²) < 4.78 is 0. The van der Waals surface area contributed by atoms with E-state index < -0.39 is 11.9 Å². The molecule has 1 saturated heterocycles. The molecule has 0 radical (unpaired) electrons. The Morgan fingerprint density at radius 2 is 1.62 bits per heavy atom.